The maximum Gasteiger partial charge on any atom is 0.223 e. The van der Waals surface area contributed by atoms with Gasteiger partial charge in [-0.2, -0.15) is 0 Å². The van der Waals surface area contributed by atoms with Crippen molar-refractivity contribution in [2.45, 2.75) is 51.5 Å². The van der Waals surface area contributed by atoms with E-state index in [9.17, 15) is 4.79 Å². The van der Waals surface area contributed by atoms with Gasteiger partial charge in [0.05, 0.1) is 0 Å². The fourth-order valence-corrected chi connectivity index (χ4v) is 1.59. The van der Waals surface area contributed by atoms with E-state index >= 15 is 0 Å². The second kappa shape index (κ2) is 6.83. The van der Waals surface area contributed by atoms with Gasteiger partial charge in [-0.15, -0.1) is 0 Å². The summed E-state index contributed by atoms with van der Waals surface area (Å²) in [6.07, 6.45) is 6.80. The molecule has 0 spiro atoms. The van der Waals surface area contributed by atoms with Gasteiger partial charge in [0.1, 0.15) is 0 Å². The van der Waals surface area contributed by atoms with Gasteiger partial charge in [0.2, 0.25) is 5.91 Å². The van der Waals surface area contributed by atoms with Crippen LogP contribution in [0.25, 0.3) is 0 Å². The lowest BCUT2D eigenvalue weighted by molar-refractivity contribution is -0.129. The zero-order chi connectivity index (χ0) is 11.1. The molecular formula is C12H24N2O. The number of nitrogens with zero attached hydrogens (tertiary/aromatic N) is 1. The standard InChI is InChI=1S/C12H24N2O/c1-3-4-5-10-14(2)12(15)8-9-13-11-6-7-11/h11,13H,3-10H2,1-2H3. The van der Waals surface area contributed by atoms with Crippen LogP contribution in [0.2, 0.25) is 0 Å². The van der Waals surface area contributed by atoms with E-state index in [-0.39, 0.29) is 5.91 Å². The summed E-state index contributed by atoms with van der Waals surface area (Å²) in [7, 11) is 1.91. The van der Waals surface area contributed by atoms with Crippen molar-refractivity contribution in [1.29, 1.82) is 0 Å². The summed E-state index contributed by atoms with van der Waals surface area (Å²) in [6, 6.07) is 0.711. The van der Waals surface area contributed by atoms with Crippen molar-refractivity contribution in [2.75, 3.05) is 20.1 Å². The fourth-order valence-electron chi connectivity index (χ4n) is 1.59. The summed E-state index contributed by atoms with van der Waals surface area (Å²) >= 11 is 0. The fraction of sp³-hybridized carbons (Fsp3) is 0.917. The number of rotatable bonds is 8. The lowest BCUT2D eigenvalue weighted by Gasteiger charge is -2.16. The van der Waals surface area contributed by atoms with Crippen LogP contribution in [0.15, 0.2) is 0 Å². The number of unbranched alkanes of at least 4 members (excludes halogenated alkanes) is 2. The minimum Gasteiger partial charge on any atom is -0.346 e. The molecule has 1 saturated carbocycles. The molecule has 15 heavy (non-hydrogen) atoms. The summed E-state index contributed by atoms with van der Waals surface area (Å²) in [6.45, 7) is 3.94. The molecule has 1 rings (SSSR count). The average molecular weight is 212 g/mol. The van der Waals surface area contributed by atoms with Crippen molar-refractivity contribution in [1.82, 2.24) is 10.2 Å². The lowest BCUT2D eigenvalue weighted by atomic mass is 10.2. The van der Waals surface area contributed by atoms with Crippen LogP contribution < -0.4 is 5.32 Å². The smallest absolute Gasteiger partial charge is 0.223 e. The van der Waals surface area contributed by atoms with Crippen LogP contribution >= 0.6 is 0 Å². The van der Waals surface area contributed by atoms with E-state index in [0.29, 0.717) is 12.5 Å². The summed E-state index contributed by atoms with van der Waals surface area (Å²) in [5.41, 5.74) is 0. The van der Waals surface area contributed by atoms with E-state index in [2.05, 4.69) is 12.2 Å². The van der Waals surface area contributed by atoms with Gasteiger partial charge in [0, 0.05) is 32.6 Å². The second-order valence-electron chi connectivity index (χ2n) is 4.50. The van der Waals surface area contributed by atoms with Gasteiger partial charge in [-0.05, 0) is 19.3 Å². The molecule has 3 heteroatoms. The summed E-state index contributed by atoms with van der Waals surface area (Å²) < 4.78 is 0. The van der Waals surface area contributed by atoms with Crippen LogP contribution in [-0.4, -0.2) is 37.0 Å². The molecule has 1 fully saturated rings. The molecule has 0 aliphatic heterocycles. The molecule has 1 aliphatic rings. The number of hydrogen-bond donors (Lipinski definition) is 1. The van der Waals surface area contributed by atoms with Crippen LogP contribution in [0.1, 0.15) is 45.4 Å². The largest absolute Gasteiger partial charge is 0.346 e. The third kappa shape index (κ3) is 5.78. The van der Waals surface area contributed by atoms with Gasteiger partial charge < -0.3 is 10.2 Å². The molecule has 0 saturated heterocycles. The summed E-state index contributed by atoms with van der Waals surface area (Å²) in [5.74, 6) is 0.277. The first kappa shape index (κ1) is 12.5. The molecule has 1 N–H and O–H groups in total. The highest BCUT2D eigenvalue weighted by Crippen LogP contribution is 2.18. The van der Waals surface area contributed by atoms with Crippen LogP contribution in [0.4, 0.5) is 0 Å². The second-order valence-corrected chi connectivity index (χ2v) is 4.50. The molecule has 88 valence electrons. The Balaban J connectivity index is 1.98. The maximum absolute atomic E-state index is 11.6. The van der Waals surface area contributed by atoms with Crippen molar-refractivity contribution in [3.8, 4) is 0 Å². The molecule has 0 bridgehead atoms. The highest BCUT2D eigenvalue weighted by molar-refractivity contribution is 5.76. The molecular weight excluding hydrogens is 188 g/mol. The molecule has 3 nitrogen and oxygen atoms in total. The monoisotopic (exact) mass is 212 g/mol. The Morgan fingerprint density at radius 3 is 2.73 bits per heavy atom. The van der Waals surface area contributed by atoms with Crippen molar-refractivity contribution < 1.29 is 4.79 Å². The number of amides is 1. The molecule has 0 atom stereocenters. The Morgan fingerprint density at radius 1 is 1.40 bits per heavy atom. The highest BCUT2D eigenvalue weighted by Gasteiger charge is 2.20. The third-order valence-corrected chi connectivity index (χ3v) is 2.87. The molecule has 0 aromatic heterocycles. The van der Waals surface area contributed by atoms with Gasteiger partial charge >= 0.3 is 0 Å². The van der Waals surface area contributed by atoms with Crippen LogP contribution in [0.3, 0.4) is 0 Å². The third-order valence-electron chi connectivity index (χ3n) is 2.87. The first-order chi connectivity index (χ1) is 7.24. The molecule has 0 heterocycles. The predicted molar refractivity (Wildman–Crippen MR) is 62.8 cm³/mol. The van der Waals surface area contributed by atoms with E-state index in [1.807, 2.05) is 11.9 Å². The Kier molecular flexibility index (Phi) is 5.69. The molecule has 1 amide bonds. The normalized spacial score (nSPS) is 15.3. The van der Waals surface area contributed by atoms with Crippen molar-refractivity contribution in [2.24, 2.45) is 0 Å². The van der Waals surface area contributed by atoms with Crippen molar-refractivity contribution >= 4 is 5.91 Å². The van der Waals surface area contributed by atoms with E-state index < -0.39 is 0 Å². The van der Waals surface area contributed by atoms with Crippen LogP contribution in [-0.2, 0) is 4.79 Å². The van der Waals surface area contributed by atoms with Crippen LogP contribution in [0, 0.1) is 0 Å². The Bertz CT molecular complexity index is 190. The zero-order valence-electron chi connectivity index (χ0n) is 10.1. The van der Waals surface area contributed by atoms with Gasteiger partial charge in [-0.3, -0.25) is 4.79 Å². The molecule has 0 unspecified atom stereocenters. The van der Waals surface area contributed by atoms with E-state index in [0.717, 1.165) is 19.5 Å². The average Bonchev–Trinajstić information content (AvgIpc) is 3.02. The van der Waals surface area contributed by atoms with Gasteiger partial charge in [-0.1, -0.05) is 19.8 Å². The zero-order valence-corrected chi connectivity index (χ0v) is 10.1. The molecule has 0 aromatic rings. The topological polar surface area (TPSA) is 32.3 Å². The van der Waals surface area contributed by atoms with Crippen molar-refractivity contribution in [3.63, 3.8) is 0 Å². The van der Waals surface area contributed by atoms with Crippen LogP contribution in [0.5, 0.6) is 0 Å². The SMILES string of the molecule is CCCCCN(C)C(=O)CCNC1CC1. The highest BCUT2D eigenvalue weighted by atomic mass is 16.2. The number of hydrogen-bond acceptors (Lipinski definition) is 2. The minimum absolute atomic E-state index is 0.277. The van der Waals surface area contributed by atoms with E-state index in [1.54, 1.807) is 0 Å². The van der Waals surface area contributed by atoms with Crippen molar-refractivity contribution in [3.05, 3.63) is 0 Å². The Labute approximate surface area is 93.2 Å². The minimum atomic E-state index is 0.277. The number of nitrogens with one attached hydrogen (secondary N) is 1. The van der Waals surface area contributed by atoms with E-state index in [4.69, 9.17) is 0 Å². The maximum atomic E-state index is 11.6. The molecule has 0 radical (unpaired) electrons. The van der Waals surface area contributed by atoms with Gasteiger partial charge in [0.15, 0.2) is 0 Å². The predicted octanol–water partition coefficient (Wildman–Crippen LogP) is 1.78. The Morgan fingerprint density at radius 2 is 2.13 bits per heavy atom. The molecule has 0 aromatic carbocycles. The van der Waals surface area contributed by atoms with Gasteiger partial charge in [0.25, 0.3) is 0 Å². The summed E-state index contributed by atoms with van der Waals surface area (Å²) in [4.78, 5) is 13.5. The van der Waals surface area contributed by atoms with E-state index in [1.165, 1.54) is 25.7 Å². The lowest BCUT2D eigenvalue weighted by Crippen LogP contribution is -2.31. The molecule has 1 aliphatic carbocycles. The number of carbonyl (C=O) groups excluding carboxylic acids is 1. The number of carbonyl (C=O) groups is 1. The Hall–Kier alpha value is -0.570. The first-order valence-electron chi connectivity index (χ1n) is 6.21. The summed E-state index contributed by atoms with van der Waals surface area (Å²) in [5, 5.41) is 3.36. The quantitative estimate of drug-likeness (QED) is 0.622. The van der Waals surface area contributed by atoms with Gasteiger partial charge in [-0.25, -0.2) is 0 Å². The first-order valence-corrected chi connectivity index (χ1v) is 6.21.